The van der Waals surface area contributed by atoms with Gasteiger partial charge in [0.1, 0.15) is 17.9 Å². The number of anilines is 4. The first-order valence-electron chi connectivity index (χ1n) is 9.25. The average molecular weight is 394 g/mol. The molecule has 29 heavy (non-hydrogen) atoms. The predicted molar refractivity (Wildman–Crippen MR) is 111 cm³/mol. The molecule has 150 valence electrons. The van der Waals surface area contributed by atoms with Crippen molar-refractivity contribution in [3.63, 3.8) is 0 Å². The van der Waals surface area contributed by atoms with Gasteiger partial charge in [0.15, 0.2) is 0 Å². The summed E-state index contributed by atoms with van der Waals surface area (Å²) in [6.07, 6.45) is 4.97. The van der Waals surface area contributed by atoms with Crippen LogP contribution in [-0.2, 0) is 0 Å². The second kappa shape index (κ2) is 9.45. The van der Waals surface area contributed by atoms with E-state index in [9.17, 15) is 10.1 Å². The summed E-state index contributed by atoms with van der Waals surface area (Å²) in [5.74, 6) is 1.34. The lowest BCUT2D eigenvalue weighted by Crippen LogP contribution is -2.06. The third-order valence-electron chi connectivity index (χ3n) is 4.05. The second-order valence-corrected chi connectivity index (χ2v) is 6.37. The fourth-order valence-electron chi connectivity index (χ4n) is 2.50. The van der Waals surface area contributed by atoms with E-state index in [0.29, 0.717) is 18.1 Å². The van der Waals surface area contributed by atoms with Gasteiger partial charge in [-0.3, -0.25) is 10.1 Å². The second-order valence-electron chi connectivity index (χ2n) is 6.37. The van der Waals surface area contributed by atoms with Crippen molar-refractivity contribution in [3.8, 4) is 5.75 Å². The first-order chi connectivity index (χ1) is 14.1. The summed E-state index contributed by atoms with van der Waals surface area (Å²) in [7, 11) is 0. The number of nitrogens with zero attached hydrogens (tertiary/aromatic N) is 4. The number of hydrogen-bond acceptors (Lipinski definition) is 8. The van der Waals surface area contributed by atoms with Crippen molar-refractivity contribution >= 4 is 28.8 Å². The first-order valence-corrected chi connectivity index (χ1v) is 9.25. The maximum Gasteiger partial charge on any atom is 0.353 e. The van der Waals surface area contributed by atoms with Crippen LogP contribution in [0.25, 0.3) is 0 Å². The van der Waals surface area contributed by atoms with E-state index >= 15 is 0 Å². The molecule has 0 aliphatic heterocycles. The number of unbranched alkanes of at least 4 members (excludes halogenated alkanes) is 1. The van der Waals surface area contributed by atoms with Crippen LogP contribution in [-0.4, -0.2) is 26.5 Å². The highest BCUT2D eigenvalue weighted by Gasteiger charge is 2.23. The van der Waals surface area contributed by atoms with Crippen LogP contribution in [0.1, 0.15) is 25.3 Å². The highest BCUT2D eigenvalue weighted by Crippen LogP contribution is 2.32. The third-order valence-corrected chi connectivity index (χ3v) is 4.05. The number of nitro groups is 1. The first kappa shape index (κ1) is 20.0. The lowest BCUT2D eigenvalue weighted by atomic mass is 10.3. The minimum atomic E-state index is -0.527. The van der Waals surface area contributed by atoms with Gasteiger partial charge in [-0.15, -0.1) is 0 Å². The van der Waals surface area contributed by atoms with Crippen LogP contribution >= 0.6 is 0 Å². The van der Waals surface area contributed by atoms with E-state index in [1.807, 2.05) is 13.0 Å². The van der Waals surface area contributed by atoms with E-state index in [1.54, 1.807) is 36.5 Å². The Morgan fingerprint density at radius 1 is 1.03 bits per heavy atom. The number of aromatic nitrogens is 3. The van der Waals surface area contributed by atoms with Crippen LogP contribution in [0.3, 0.4) is 0 Å². The van der Waals surface area contributed by atoms with Crippen LogP contribution in [0.2, 0.25) is 0 Å². The van der Waals surface area contributed by atoms with E-state index in [4.69, 9.17) is 4.74 Å². The molecule has 3 rings (SSSR count). The Hall–Kier alpha value is -3.75. The number of hydrogen-bond donors (Lipinski definition) is 2. The van der Waals surface area contributed by atoms with Crippen molar-refractivity contribution < 1.29 is 9.66 Å². The topological polar surface area (TPSA) is 115 Å². The Bertz CT molecular complexity index is 961. The molecule has 2 N–H and O–H groups in total. The van der Waals surface area contributed by atoms with Gasteiger partial charge in [0.2, 0.25) is 11.6 Å². The van der Waals surface area contributed by atoms with Crippen molar-refractivity contribution in [1.82, 2.24) is 15.0 Å². The maximum absolute atomic E-state index is 11.7. The van der Waals surface area contributed by atoms with Crippen LogP contribution in [0.15, 0.2) is 48.9 Å². The van der Waals surface area contributed by atoms with E-state index in [1.165, 1.54) is 6.33 Å². The summed E-state index contributed by atoms with van der Waals surface area (Å²) in [4.78, 5) is 23.4. The van der Waals surface area contributed by atoms with Gasteiger partial charge in [0.25, 0.3) is 0 Å². The molecule has 0 aliphatic rings. The fourth-order valence-corrected chi connectivity index (χ4v) is 2.50. The standard InChI is InChI=1S/C20H22N6O3/c1-3-4-11-29-16-8-6-15(7-9-16)24-19-18(26(27)28)20(23-13-22-19)25-17-10-5-14(2)12-21-17/h5-10,12-13H,3-4,11H2,1-2H3,(H2,21,22,23,24,25). The summed E-state index contributed by atoms with van der Waals surface area (Å²) in [5.41, 5.74) is 1.37. The maximum atomic E-state index is 11.7. The van der Waals surface area contributed by atoms with Gasteiger partial charge in [-0.1, -0.05) is 19.4 Å². The molecule has 0 amide bonds. The molecule has 9 nitrogen and oxygen atoms in total. The number of ether oxygens (including phenoxy) is 1. The molecule has 0 radical (unpaired) electrons. The van der Waals surface area contributed by atoms with Crippen LogP contribution in [0.5, 0.6) is 5.75 Å². The molecule has 0 spiro atoms. The van der Waals surface area contributed by atoms with Crippen LogP contribution in [0, 0.1) is 17.0 Å². The lowest BCUT2D eigenvalue weighted by molar-refractivity contribution is -0.383. The fraction of sp³-hybridized carbons (Fsp3) is 0.250. The zero-order valence-electron chi connectivity index (χ0n) is 16.3. The Labute approximate surface area is 168 Å². The molecule has 9 heteroatoms. The Morgan fingerprint density at radius 3 is 2.38 bits per heavy atom. The molecule has 0 atom stereocenters. The number of pyridine rings is 1. The van der Waals surface area contributed by atoms with E-state index in [2.05, 4.69) is 32.5 Å². The molecule has 2 aromatic heterocycles. The van der Waals surface area contributed by atoms with E-state index < -0.39 is 4.92 Å². The Morgan fingerprint density at radius 2 is 1.76 bits per heavy atom. The van der Waals surface area contributed by atoms with Crippen molar-refractivity contribution in [3.05, 3.63) is 64.6 Å². The SMILES string of the molecule is CCCCOc1ccc(Nc2ncnc(Nc3ccc(C)cn3)c2[N+](=O)[O-])cc1. The molecule has 0 saturated carbocycles. The lowest BCUT2D eigenvalue weighted by Gasteiger charge is -2.10. The minimum absolute atomic E-state index is 0.0587. The highest BCUT2D eigenvalue weighted by molar-refractivity contribution is 5.76. The van der Waals surface area contributed by atoms with Gasteiger partial charge in [-0.2, -0.15) is 0 Å². The molecular formula is C20H22N6O3. The largest absolute Gasteiger partial charge is 0.494 e. The molecule has 0 aliphatic carbocycles. The summed E-state index contributed by atoms with van der Waals surface area (Å²) < 4.78 is 5.63. The van der Waals surface area contributed by atoms with Gasteiger partial charge < -0.3 is 15.4 Å². The normalized spacial score (nSPS) is 10.4. The number of rotatable bonds is 9. The summed E-state index contributed by atoms with van der Waals surface area (Å²) in [5, 5.41) is 17.5. The zero-order chi connectivity index (χ0) is 20.6. The van der Waals surface area contributed by atoms with E-state index in [0.717, 1.165) is 24.2 Å². The van der Waals surface area contributed by atoms with Crippen LogP contribution in [0.4, 0.5) is 28.8 Å². The van der Waals surface area contributed by atoms with E-state index in [-0.39, 0.29) is 17.3 Å². The smallest absolute Gasteiger partial charge is 0.353 e. The molecular weight excluding hydrogens is 372 g/mol. The van der Waals surface area contributed by atoms with Gasteiger partial charge >= 0.3 is 5.69 Å². The van der Waals surface area contributed by atoms with Gasteiger partial charge in [0.05, 0.1) is 11.5 Å². The Balaban J connectivity index is 1.80. The van der Waals surface area contributed by atoms with Crippen molar-refractivity contribution in [1.29, 1.82) is 0 Å². The molecule has 3 aromatic rings. The molecule has 0 fully saturated rings. The number of benzene rings is 1. The number of aryl methyl sites for hydroxylation is 1. The van der Waals surface area contributed by atoms with Crippen LogP contribution < -0.4 is 15.4 Å². The van der Waals surface area contributed by atoms with Gasteiger partial charge in [-0.05, 0) is 49.2 Å². The van der Waals surface area contributed by atoms with Crippen molar-refractivity contribution in [2.45, 2.75) is 26.7 Å². The van der Waals surface area contributed by atoms with Gasteiger partial charge in [0, 0.05) is 11.9 Å². The minimum Gasteiger partial charge on any atom is -0.494 e. The van der Waals surface area contributed by atoms with Gasteiger partial charge in [-0.25, -0.2) is 15.0 Å². The third kappa shape index (κ3) is 5.38. The zero-order valence-corrected chi connectivity index (χ0v) is 16.3. The Kier molecular flexibility index (Phi) is 6.51. The average Bonchev–Trinajstić information content (AvgIpc) is 2.71. The predicted octanol–water partition coefficient (Wildman–Crippen LogP) is 4.75. The molecule has 1 aromatic carbocycles. The highest BCUT2D eigenvalue weighted by atomic mass is 16.6. The molecule has 0 unspecified atom stereocenters. The molecule has 0 saturated heterocycles. The van der Waals surface area contributed by atoms with Crippen molar-refractivity contribution in [2.24, 2.45) is 0 Å². The van der Waals surface area contributed by atoms with Crippen molar-refractivity contribution in [2.75, 3.05) is 17.2 Å². The summed E-state index contributed by atoms with van der Waals surface area (Å²) >= 11 is 0. The number of nitrogens with one attached hydrogen (secondary N) is 2. The molecule has 2 heterocycles. The summed E-state index contributed by atoms with van der Waals surface area (Å²) in [6, 6.07) is 10.8. The monoisotopic (exact) mass is 394 g/mol. The summed E-state index contributed by atoms with van der Waals surface area (Å²) in [6.45, 7) is 4.66. The molecule has 0 bridgehead atoms. The quantitative estimate of drug-likeness (QED) is 0.303.